The third kappa shape index (κ3) is 5.46. The van der Waals surface area contributed by atoms with Gasteiger partial charge in [-0.25, -0.2) is 9.82 Å². The summed E-state index contributed by atoms with van der Waals surface area (Å²) in [6, 6.07) is 17.4. The minimum Gasteiger partial charge on any atom is -0.355 e. The van der Waals surface area contributed by atoms with Crippen LogP contribution in [-0.2, 0) is 6.54 Å². The number of halogens is 1. The van der Waals surface area contributed by atoms with Gasteiger partial charge in [-0.05, 0) is 43.0 Å². The quantitative estimate of drug-likeness (QED) is 0.494. The Bertz CT molecular complexity index is 1090. The highest BCUT2D eigenvalue weighted by Crippen LogP contribution is 2.20. The van der Waals surface area contributed by atoms with Crippen LogP contribution in [0.15, 0.2) is 88.7 Å². The molecular weight excluding hydrogens is 395 g/mol. The van der Waals surface area contributed by atoms with E-state index in [0.29, 0.717) is 18.0 Å². The van der Waals surface area contributed by atoms with Crippen LogP contribution in [0.5, 0.6) is 0 Å². The van der Waals surface area contributed by atoms with Gasteiger partial charge in [-0.1, -0.05) is 53.7 Å². The Morgan fingerprint density at radius 2 is 1.90 bits per heavy atom. The Balaban J connectivity index is 1.43. The molecule has 158 valence electrons. The van der Waals surface area contributed by atoms with Crippen molar-refractivity contribution < 1.29 is 13.7 Å². The Hall–Kier alpha value is -3.71. The Kier molecular flexibility index (Phi) is 6.54. The van der Waals surface area contributed by atoms with Crippen LogP contribution in [0.1, 0.15) is 35.3 Å². The molecule has 3 N–H and O–H groups in total. The second kappa shape index (κ2) is 9.86. The maximum absolute atomic E-state index is 13.1. The summed E-state index contributed by atoms with van der Waals surface area (Å²) in [5.41, 5.74) is 9.89. The Morgan fingerprint density at radius 1 is 1.10 bits per heavy atom. The highest BCUT2D eigenvalue weighted by molar-refractivity contribution is 5.94. The summed E-state index contributed by atoms with van der Waals surface area (Å²) in [6.45, 7) is 0.512. The lowest BCUT2D eigenvalue weighted by molar-refractivity contribution is 0.0957. The first-order valence-electron chi connectivity index (χ1n) is 10.2. The number of aromatic nitrogens is 1. The van der Waals surface area contributed by atoms with E-state index >= 15 is 0 Å². The van der Waals surface area contributed by atoms with Crippen LogP contribution in [0.4, 0.5) is 4.39 Å². The van der Waals surface area contributed by atoms with Crippen LogP contribution in [0, 0.1) is 5.82 Å². The van der Waals surface area contributed by atoms with Crippen LogP contribution in [0.25, 0.3) is 11.3 Å². The zero-order chi connectivity index (χ0) is 21.5. The SMILES string of the molecule is O=C(NC1=C(NNCc2ccc(F)cc2)CCCC=C1)c1cc(-c2ccccc2)on1. The number of hydrazine groups is 1. The molecule has 7 heteroatoms. The van der Waals surface area contributed by atoms with E-state index in [4.69, 9.17) is 4.52 Å². The standard InChI is InChI=1S/C24H23FN4O2/c25-19-13-11-17(12-14-19)16-26-28-21-10-6-2-5-9-20(21)27-24(30)22-15-23(31-29-22)18-7-3-1-4-8-18/h1,3-5,7-9,11-15,26,28H,2,6,10,16H2,(H,27,30). The maximum Gasteiger partial charge on any atom is 0.277 e. The molecule has 0 radical (unpaired) electrons. The van der Waals surface area contributed by atoms with Gasteiger partial charge in [0, 0.05) is 23.9 Å². The van der Waals surface area contributed by atoms with Crippen LogP contribution in [-0.4, -0.2) is 11.1 Å². The summed E-state index contributed by atoms with van der Waals surface area (Å²) in [5.74, 6) is -0.0673. The summed E-state index contributed by atoms with van der Waals surface area (Å²) in [7, 11) is 0. The fraction of sp³-hybridized carbons (Fsp3) is 0.167. The fourth-order valence-electron chi connectivity index (χ4n) is 3.24. The van der Waals surface area contributed by atoms with E-state index in [-0.39, 0.29) is 17.4 Å². The molecule has 0 fully saturated rings. The van der Waals surface area contributed by atoms with Gasteiger partial charge in [0.2, 0.25) is 0 Å². The van der Waals surface area contributed by atoms with Crippen LogP contribution in [0.3, 0.4) is 0 Å². The largest absolute Gasteiger partial charge is 0.355 e. The number of hydrogen-bond acceptors (Lipinski definition) is 5. The number of nitrogens with one attached hydrogen (secondary N) is 3. The molecule has 3 aromatic rings. The van der Waals surface area contributed by atoms with E-state index in [1.54, 1.807) is 18.2 Å². The van der Waals surface area contributed by atoms with Gasteiger partial charge in [0.25, 0.3) is 5.91 Å². The van der Waals surface area contributed by atoms with Gasteiger partial charge in [-0.15, -0.1) is 0 Å². The molecule has 4 rings (SSSR count). The number of allylic oxidation sites excluding steroid dienone is 3. The molecule has 1 amide bonds. The second-order valence-electron chi connectivity index (χ2n) is 7.19. The fourth-order valence-corrected chi connectivity index (χ4v) is 3.24. The van der Waals surface area contributed by atoms with E-state index in [2.05, 4.69) is 21.3 Å². The van der Waals surface area contributed by atoms with Crippen molar-refractivity contribution in [1.82, 2.24) is 21.3 Å². The topological polar surface area (TPSA) is 79.2 Å². The van der Waals surface area contributed by atoms with Crippen molar-refractivity contribution in [2.24, 2.45) is 0 Å². The van der Waals surface area contributed by atoms with Gasteiger partial charge in [-0.2, -0.15) is 0 Å². The molecule has 0 atom stereocenters. The van der Waals surface area contributed by atoms with Crippen molar-refractivity contribution in [2.75, 3.05) is 0 Å². The number of hydrogen-bond donors (Lipinski definition) is 3. The average molecular weight is 418 g/mol. The van der Waals surface area contributed by atoms with E-state index in [0.717, 1.165) is 36.1 Å². The van der Waals surface area contributed by atoms with E-state index < -0.39 is 0 Å². The van der Waals surface area contributed by atoms with Gasteiger partial charge < -0.3 is 15.3 Å². The molecule has 1 aliphatic rings. The summed E-state index contributed by atoms with van der Waals surface area (Å²) in [4.78, 5) is 12.8. The first-order chi connectivity index (χ1) is 15.2. The molecule has 0 saturated carbocycles. The van der Waals surface area contributed by atoms with Crippen LogP contribution < -0.4 is 16.2 Å². The van der Waals surface area contributed by atoms with Crippen molar-refractivity contribution in [3.63, 3.8) is 0 Å². The highest BCUT2D eigenvalue weighted by atomic mass is 19.1. The Labute approximate surface area is 179 Å². The first-order valence-corrected chi connectivity index (χ1v) is 10.2. The minimum absolute atomic E-state index is 0.211. The van der Waals surface area contributed by atoms with E-state index in [1.165, 1.54) is 12.1 Å². The molecule has 31 heavy (non-hydrogen) atoms. The second-order valence-corrected chi connectivity index (χ2v) is 7.19. The predicted molar refractivity (Wildman–Crippen MR) is 116 cm³/mol. The van der Waals surface area contributed by atoms with E-state index in [9.17, 15) is 9.18 Å². The smallest absolute Gasteiger partial charge is 0.277 e. The number of benzene rings is 2. The van der Waals surface area contributed by atoms with Gasteiger partial charge in [0.1, 0.15) is 5.82 Å². The number of nitrogens with zero attached hydrogens (tertiary/aromatic N) is 1. The third-order valence-electron chi connectivity index (χ3n) is 4.90. The average Bonchev–Trinajstić information content (AvgIpc) is 3.19. The molecule has 1 aromatic heterocycles. The molecule has 0 aliphatic heterocycles. The first kappa shape index (κ1) is 20.6. The molecule has 0 spiro atoms. The predicted octanol–water partition coefficient (Wildman–Crippen LogP) is 4.46. The zero-order valence-electron chi connectivity index (χ0n) is 16.9. The maximum atomic E-state index is 13.1. The van der Waals surface area contributed by atoms with Gasteiger partial charge >= 0.3 is 0 Å². The summed E-state index contributed by atoms with van der Waals surface area (Å²) >= 11 is 0. The van der Waals surface area contributed by atoms with Crippen molar-refractivity contribution in [3.8, 4) is 11.3 Å². The van der Waals surface area contributed by atoms with Crippen LogP contribution in [0.2, 0.25) is 0 Å². The summed E-state index contributed by atoms with van der Waals surface area (Å²) < 4.78 is 18.4. The lowest BCUT2D eigenvalue weighted by atomic mass is 10.1. The molecule has 1 aliphatic carbocycles. The summed E-state index contributed by atoms with van der Waals surface area (Å²) in [5, 5.41) is 6.84. The molecule has 0 saturated heterocycles. The van der Waals surface area contributed by atoms with Gasteiger partial charge in [0.05, 0.1) is 5.70 Å². The number of amides is 1. The van der Waals surface area contributed by atoms with Crippen molar-refractivity contribution >= 4 is 5.91 Å². The monoisotopic (exact) mass is 418 g/mol. The molecule has 0 bridgehead atoms. The molecular formula is C24H23FN4O2. The molecule has 2 aromatic carbocycles. The van der Waals surface area contributed by atoms with Crippen molar-refractivity contribution in [2.45, 2.75) is 25.8 Å². The normalized spacial score (nSPS) is 13.7. The van der Waals surface area contributed by atoms with Crippen molar-refractivity contribution in [3.05, 3.63) is 101 Å². The lowest BCUT2D eigenvalue weighted by Crippen LogP contribution is -2.34. The van der Waals surface area contributed by atoms with Gasteiger partial charge in [-0.3, -0.25) is 4.79 Å². The molecule has 1 heterocycles. The minimum atomic E-state index is -0.342. The number of carbonyl (C=O) groups excluding carboxylic acids is 1. The molecule has 6 nitrogen and oxygen atoms in total. The summed E-state index contributed by atoms with van der Waals surface area (Å²) in [6.07, 6.45) is 6.57. The van der Waals surface area contributed by atoms with Crippen molar-refractivity contribution in [1.29, 1.82) is 0 Å². The van der Waals surface area contributed by atoms with Crippen LogP contribution >= 0.6 is 0 Å². The number of rotatable bonds is 7. The zero-order valence-corrected chi connectivity index (χ0v) is 16.9. The van der Waals surface area contributed by atoms with E-state index in [1.807, 2.05) is 42.5 Å². The lowest BCUT2D eigenvalue weighted by Gasteiger charge is -2.15. The highest BCUT2D eigenvalue weighted by Gasteiger charge is 2.17. The third-order valence-corrected chi connectivity index (χ3v) is 4.90. The Morgan fingerprint density at radius 3 is 2.71 bits per heavy atom. The van der Waals surface area contributed by atoms with Gasteiger partial charge in [0.15, 0.2) is 11.5 Å². The number of carbonyl (C=O) groups is 1. The molecule has 0 unspecified atom stereocenters.